The summed E-state index contributed by atoms with van der Waals surface area (Å²) >= 11 is 23.8. The van der Waals surface area contributed by atoms with E-state index in [1.165, 1.54) is 27.5 Å². The molecule has 0 aliphatic heterocycles. The van der Waals surface area contributed by atoms with E-state index in [1.54, 1.807) is 30.3 Å². The molecule has 0 spiro atoms. The van der Waals surface area contributed by atoms with E-state index >= 15 is 0 Å². The number of benzene rings is 2. The van der Waals surface area contributed by atoms with Gasteiger partial charge in [0.25, 0.3) is 5.54 Å². The number of imide groups is 1. The summed E-state index contributed by atoms with van der Waals surface area (Å²) in [5, 5.41) is 20.1. The van der Waals surface area contributed by atoms with Crippen molar-refractivity contribution in [3.63, 3.8) is 0 Å². The van der Waals surface area contributed by atoms with Gasteiger partial charge >= 0.3 is 25.6 Å². The normalized spacial score (nSPS) is 14.1. The van der Waals surface area contributed by atoms with Crippen molar-refractivity contribution in [3.05, 3.63) is 71.8 Å². The molecule has 57 heavy (non-hydrogen) atoms. The number of rotatable bonds is 27. The average Bonchev–Trinajstić information content (AvgIpc) is 3.17. The number of carboxylic acids is 2. The molecule has 0 fully saturated rings. The Balaban J connectivity index is 2.60. The second-order valence-electron chi connectivity index (χ2n) is 12.2. The van der Waals surface area contributed by atoms with E-state index < -0.39 is 108 Å². The summed E-state index contributed by atoms with van der Waals surface area (Å²) in [4.78, 5) is 67.3. The van der Waals surface area contributed by atoms with Gasteiger partial charge in [-0.25, -0.2) is 32.2 Å². The summed E-state index contributed by atoms with van der Waals surface area (Å²) in [7, 11) is -8.56. The number of esters is 1. The number of alkyl halides is 4. The summed E-state index contributed by atoms with van der Waals surface area (Å²) in [5.74, 6) is -10.5. The maximum atomic E-state index is 14.4. The number of nitrogens with zero attached hydrogens (tertiary/aromatic N) is 3. The van der Waals surface area contributed by atoms with Crippen LogP contribution in [0.2, 0.25) is 0 Å². The van der Waals surface area contributed by atoms with Crippen LogP contribution in [0.1, 0.15) is 24.0 Å². The predicted molar refractivity (Wildman–Crippen MR) is 215 cm³/mol. The third-order valence-corrected chi connectivity index (χ3v) is 13.3. The van der Waals surface area contributed by atoms with Crippen molar-refractivity contribution in [2.45, 2.75) is 37.1 Å². The molecular formula is C34H46Cl4N5O12PS. The van der Waals surface area contributed by atoms with Crippen LogP contribution in [-0.4, -0.2) is 142 Å². The number of hydrogen-bond acceptors (Lipinski definition) is 12. The van der Waals surface area contributed by atoms with Crippen LogP contribution in [0.3, 0.4) is 0 Å². The Morgan fingerprint density at radius 1 is 0.772 bits per heavy atom. The molecule has 0 aliphatic carbocycles. The van der Waals surface area contributed by atoms with Gasteiger partial charge in [-0.1, -0.05) is 60.7 Å². The molecule has 0 unspecified atom stereocenters. The van der Waals surface area contributed by atoms with Gasteiger partial charge in [-0.15, -0.1) is 46.4 Å². The van der Waals surface area contributed by atoms with Crippen molar-refractivity contribution in [3.8, 4) is 0 Å². The van der Waals surface area contributed by atoms with Crippen LogP contribution in [0.15, 0.2) is 60.7 Å². The standard InChI is InChI=1S/C34H46Cl4N5O12PS/c35-13-17-41(18-14-36)56(51,42(19-15-37)20-16-38)55-21-22-57(52,53)24-28(40)31(47)43(30(46)27(39)11-12-29(44)45)34(32(48)49,26-9-5-2-6-10-26)33(50)54-23-25-7-3-1-4-8-25/h1-10,27-28H,11-24,39-40H2,(H,44,45)(H,48,49)/t27-,28-,34+/m0/s1. The van der Waals surface area contributed by atoms with Crippen LogP contribution in [0.25, 0.3) is 0 Å². The van der Waals surface area contributed by atoms with Crippen LogP contribution in [-0.2, 0) is 59.8 Å². The number of carbonyl (C=O) groups excluding carboxylic acids is 3. The fourth-order valence-electron chi connectivity index (χ4n) is 5.50. The van der Waals surface area contributed by atoms with Crippen LogP contribution >= 0.6 is 54.1 Å². The van der Waals surface area contributed by atoms with E-state index in [0.717, 1.165) is 12.1 Å². The smallest absolute Gasteiger partial charge is 0.349 e. The first-order valence-corrected chi connectivity index (χ1v) is 22.8. The summed E-state index contributed by atoms with van der Waals surface area (Å²) in [6, 6.07) is 10.2. The zero-order valence-electron chi connectivity index (χ0n) is 30.7. The molecule has 0 saturated heterocycles. The van der Waals surface area contributed by atoms with Crippen molar-refractivity contribution in [1.29, 1.82) is 0 Å². The molecule has 318 valence electrons. The molecule has 0 radical (unpaired) electrons. The van der Waals surface area contributed by atoms with Crippen LogP contribution in [0.5, 0.6) is 0 Å². The first kappa shape index (κ1) is 50.3. The van der Waals surface area contributed by atoms with Gasteiger partial charge in [-0.2, -0.15) is 0 Å². The van der Waals surface area contributed by atoms with Crippen molar-refractivity contribution in [2.24, 2.45) is 11.5 Å². The van der Waals surface area contributed by atoms with Crippen molar-refractivity contribution in [1.82, 2.24) is 14.2 Å². The Bertz CT molecular complexity index is 1770. The Labute approximate surface area is 350 Å². The lowest BCUT2D eigenvalue weighted by molar-refractivity contribution is -0.183. The highest BCUT2D eigenvalue weighted by Crippen LogP contribution is 2.54. The molecule has 0 heterocycles. The number of carboxylic acid groups (broad SMARTS) is 2. The molecule has 2 aromatic carbocycles. The summed E-state index contributed by atoms with van der Waals surface area (Å²) < 4.78 is 55.2. The highest BCUT2D eigenvalue weighted by atomic mass is 35.5. The minimum absolute atomic E-state index is 0.00485. The number of hydrogen-bond donors (Lipinski definition) is 4. The van der Waals surface area contributed by atoms with Crippen LogP contribution < -0.4 is 11.5 Å². The van der Waals surface area contributed by atoms with Crippen molar-refractivity contribution >= 4 is 93.6 Å². The first-order chi connectivity index (χ1) is 27.0. The Morgan fingerprint density at radius 2 is 1.25 bits per heavy atom. The van der Waals surface area contributed by atoms with E-state index in [4.69, 9.17) is 67.1 Å². The van der Waals surface area contributed by atoms with E-state index in [9.17, 15) is 47.2 Å². The van der Waals surface area contributed by atoms with Crippen molar-refractivity contribution < 1.29 is 56.4 Å². The lowest BCUT2D eigenvalue weighted by Crippen LogP contribution is -2.67. The Morgan fingerprint density at radius 3 is 1.70 bits per heavy atom. The summed E-state index contributed by atoms with van der Waals surface area (Å²) in [6.07, 6.45) is -1.33. The number of carbonyl (C=O) groups is 5. The first-order valence-electron chi connectivity index (χ1n) is 17.3. The monoisotopic (exact) mass is 919 g/mol. The summed E-state index contributed by atoms with van der Waals surface area (Å²) in [6.45, 7) is -1.14. The topological polar surface area (TPSA) is 257 Å². The number of sulfone groups is 1. The largest absolute Gasteiger partial charge is 0.481 e. The molecule has 6 N–H and O–H groups in total. The molecular weight excluding hydrogens is 875 g/mol. The average molecular weight is 922 g/mol. The Kier molecular flexibility index (Phi) is 21.4. The van der Waals surface area contributed by atoms with Gasteiger partial charge in [-0.05, 0) is 12.0 Å². The van der Waals surface area contributed by atoms with Gasteiger partial charge in [0.1, 0.15) is 6.61 Å². The number of nitrogens with two attached hydrogens (primary N) is 2. The molecule has 3 atom stereocenters. The second-order valence-corrected chi connectivity index (χ2v) is 18.3. The Hall–Kier alpha value is -2.87. The highest BCUT2D eigenvalue weighted by Gasteiger charge is 2.60. The van der Waals surface area contributed by atoms with Gasteiger partial charge < -0.3 is 30.9 Å². The zero-order valence-corrected chi connectivity index (χ0v) is 35.4. The van der Waals surface area contributed by atoms with Gasteiger partial charge in [-0.3, -0.25) is 18.9 Å². The molecule has 17 nitrogen and oxygen atoms in total. The van der Waals surface area contributed by atoms with Crippen LogP contribution in [0, 0.1) is 0 Å². The van der Waals surface area contributed by atoms with Gasteiger partial charge in [0.15, 0.2) is 9.84 Å². The summed E-state index contributed by atoms with van der Waals surface area (Å²) in [5.41, 5.74) is 8.75. The molecule has 0 saturated carbocycles. The molecule has 0 aromatic heterocycles. The van der Waals surface area contributed by atoms with E-state index in [0.29, 0.717) is 5.56 Å². The number of halogens is 4. The molecule has 0 bridgehead atoms. The number of amides is 2. The quantitative estimate of drug-likeness (QED) is 0.0435. The van der Waals surface area contributed by atoms with Crippen molar-refractivity contribution in [2.75, 3.05) is 67.8 Å². The van der Waals surface area contributed by atoms with Gasteiger partial charge in [0, 0.05) is 61.7 Å². The molecule has 0 aliphatic rings. The lowest BCUT2D eigenvalue weighted by atomic mass is 9.86. The zero-order chi connectivity index (χ0) is 42.8. The molecule has 23 heteroatoms. The maximum absolute atomic E-state index is 14.4. The third kappa shape index (κ3) is 13.9. The highest BCUT2D eigenvalue weighted by molar-refractivity contribution is 7.91. The van der Waals surface area contributed by atoms with Crippen LogP contribution in [0.4, 0.5) is 0 Å². The van der Waals surface area contributed by atoms with Gasteiger partial charge in [0.05, 0.1) is 30.2 Å². The van der Waals surface area contributed by atoms with E-state index in [-0.39, 0.29) is 54.6 Å². The third-order valence-electron chi connectivity index (χ3n) is 8.26. The maximum Gasteiger partial charge on any atom is 0.349 e. The number of aliphatic carboxylic acids is 2. The van der Waals surface area contributed by atoms with E-state index in [1.807, 2.05) is 0 Å². The van der Waals surface area contributed by atoms with Gasteiger partial charge in [0.2, 0.25) is 11.8 Å². The second kappa shape index (κ2) is 24.3. The molecule has 2 rings (SSSR count). The lowest BCUT2D eigenvalue weighted by Gasteiger charge is -2.39. The SMILES string of the molecule is N[C@@H](CCC(=O)O)C(=O)N(C(=O)[C@@H](N)CS(=O)(=O)CCOP(=O)(N(CCCl)CCCl)N(CCCl)CCCl)[C@](C(=O)O)(C(=O)OCc1ccccc1)c1ccccc1. The fourth-order valence-corrected chi connectivity index (χ4v) is 10.5. The predicted octanol–water partition coefficient (Wildman–Crippen LogP) is 2.68. The van der Waals surface area contributed by atoms with E-state index in [2.05, 4.69) is 0 Å². The molecule has 2 amide bonds. The fraction of sp³-hybridized carbons (Fsp3) is 0.500. The molecule has 2 aromatic rings. The minimum Gasteiger partial charge on any atom is -0.481 e. The number of ether oxygens (including phenoxy) is 1. The minimum atomic E-state index is -4.49.